The van der Waals surface area contributed by atoms with E-state index in [4.69, 9.17) is 0 Å². The number of rotatable bonds is 2. The fourth-order valence-electron chi connectivity index (χ4n) is 1.19. The number of hydrogen-bond acceptors (Lipinski definition) is 2. The zero-order valence-electron chi connectivity index (χ0n) is 8.28. The van der Waals surface area contributed by atoms with Crippen molar-refractivity contribution in [3.8, 4) is 0 Å². The van der Waals surface area contributed by atoms with E-state index in [-0.39, 0.29) is 0 Å². The average Bonchev–Trinajstić information content (AvgIpc) is 2.18. The van der Waals surface area contributed by atoms with Crippen LogP contribution in [0.3, 0.4) is 0 Å². The molecule has 0 saturated carbocycles. The SMILES string of the molecule is CN=C(C)C(C)(O)c1ccccc1. The second-order valence-electron chi connectivity index (χ2n) is 3.25. The molecule has 0 aliphatic heterocycles. The molecule has 70 valence electrons. The normalized spacial score (nSPS) is 16.8. The Hall–Kier alpha value is -1.15. The van der Waals surface area contributed by atoms with Gasteiger partial charge in [-0.1, -0.05) is 30.3 Å². The van der Waals surface area contributed by atoms with Crippen molar-refractivity contribution in [2.45, 2.75) is 19.4 Å². The van der Waals surface area contributed by atoms with Crippen LogP contribution in [0.5, 0.6) is 0 Å². The van der Waals surface area contributed by atoms with Crippen LogP contribution in [0.2, 0.25) is 0 Å². The minimum Gasteiger partial charge on any atom is -0.379 e. The molecule has 0 aliphatic carbocycles. The summed E-state index contributed by atoms with van der Waals surface area (Å²) in [5.41, 5.74) is 0.646. The van der Waals surface area contributed by atoms with E-state index in [2.05, 4.69) is 4.99 Å². The third-order valence-electron chi connectivity index (χ3n) is 2.38. The Balaban J connectivity index is 3.08. The lowest BCUT2D eigenvalue weighted by molar-refractivity contribution is 0.132. The van der Waals surface area contributed by atoms with E-state index in [9.17, 15) is 5.11 Å². The largest absolute Gasteiger partial charge is 0.379 e. The molecule has 0 saturated heterocycles. The van der Waals surface area contributed by atoms with Crippen molar-refractivity contribution in [3.05, 3.63) is 35.9 Å². The summed E-state index contributed by atoms with van der Waals surface area (Å²) in [5, 5.41) is 10.1. The van der Waals surface area contributed by atoms with Gasteiger partial charge in [-0.3, -0.25) is 4.99 Å². The first-order valence-corrected chi connectivity index (χ1v) is 4.31. The Bertz CT molecular complexity index is 301. The van der Waals surface area contributed by atoms with Gasteiger partial charge in [-0.15, -0.1) is 0 Å². The molecule has 1 atom stereocenters. The molecule has 0 bridgehead atoms. The maximum atomic E-state index is 10.1. The number of benzene rings is 1. The van der Waals surface area contributed by atoms with Crippen molar-refractivity contribution in [2.24, 2.45) is 4.99 Å². The average molecular weight is 177 g/mol. The lowest BCUT2D eigenvalue weighted by atomic mass is 9.92. The monoisotopic (exact) mass is 177 g/mol. The topological polar surface area (TPSA) is 32.6 Å². The highest BCUT2D eigenvalue weighted by Crippen LogP contribution is 2.21. The third kappa shape index (κ3) is 1.95. The molecule has 0 aliphatic rings. The number of aliphatic imine (C=N–C) groups is 1. The van der Waals surface area contributed by atoms with Crippen LogP contribution >= 0.6 is 0 Å². The van der Waals surface area contributed by atoms with Crippen molar-refractivity contribution in [3.63, 3.8) is 0 Å². The summed E-state index contributed by atoms with van der Waals surface area (Å²) in [4.78, 5) is 4.00. The molecule has 0 spiro atoms. The first-order valence-electron chi connectivity index (χ1n) is 4.31. The van der Waals surface area contributed by atoms with E-state index in [1.165, 1.54) is 0 Å². The molecule has 0 radical (unpaired) electrons. The maximum Gasteiger partial charge on any atom is 0.124 e. The van der Waals surface area contributed by atoms with Gasteiger partial charge in [0.05, 0.1) is 0 Å². The predicted octanol–water partition coefficient (Wildman–Crippen LogP) is 1.98. The van der Waals surface area contributed by atoms with Gasteiger partial charge in [-0.05, 0) is 19.4 Å². The van der Waals surface area contributed by atoms with Crippen LogP contribution in [0, 0.1) is 0 Å². The van der Waals surface area contributed by atoms with Crippen molar-refractivity contribution in [1.29, 1.82) is 0 Å². The molecule has 0 fully saturated rings. The zero-order valence-corrected chi connectivity index (χ0v) is 8.28. The summed E-state index contributed by atoms with van der Waals surface area (Å²) >= 11 is 0. The highest BCUT2D eigenvalue weighted by molar-refractivity contribution is 5.90. The number of hydrogen-bond donors (Lipinski definition) is 1. The Labute approximate surface area is 78.9 Å². The van der Waals surface area contributed by atoms with E-state index in [1.54, 1.807) is 14.0 Å². The summed E-state index contributed by atoms with van der Waals surface area (Å²) in [5.74, 6) is 0. The highest BCUT2D eigenvalue weighted by atomic mass is 16.3. The van der Waals surface area contributed by atoms with E-state index in [0.29, 0.717) is 0 Å². The smallest absolute Gasteiger partial charge is 0.124 e. The lowest BCUT2D eigenvalue weighted by Gasteiger charge is -2.23. The van der Waals surface area contributed by atoms with Gasteiger partial charge in [-0.25, -0.2) is 0 Å². The minimum absolute atomic E-state index is 0.721. The molecule has 13 heavy (non-hydrogen) atoms. The summed E-state index contributed by atoms with van der Waals surface area (Å²) in [7, 11) is 1.69. The maximum absolute atomic E-state index is 10.1. The number of nitrogens with zero attached hydrogens (tertiary/aromatic N) is 1. The van der Waals surface area contributed by atoms with Gasteiger partial charge in [0.2, 0.25) is 0 Å². The third-order valence-corrected chi connectivity index (χ3v) is 2.38. The molecule has 1 aromatic carbocycles. The lowest BCUT2D eigenvalue weighted by Crippen LogP contribution is -2.30. The second kappa shape index (κ2) is 3.71. The van der Waals surface area contributed by atoms with Crippen LogP contribution in [-0.2, 0) is 5.60 Å². The van der Waals surface area contributed by atoms with Crippen LogP contribution < -0.4 is 0 Å². The van der Waals surface area contributed by atoms with Crippen molar-refractivity contribution < 1.29 is 5.11 Å². The van der Waals surface area contributed by atoms with Gasteiger partial charge in [0, 0.05) is 12.8 Å². The van der Waals surface area contributed by atoms with Crippen LogP contribution in [-0.4, -0.2) is 17.9 Å². The molecule has 0 heterocycles. The summed E-state index contributed by atoms with van der Waals surface area (Å²) in [6, 6.07) is 9.54. The Morgan fingerprint density at radius 2 is 1.85 bits per heavy atom. The minimum atomic E-state index is -0.948. The molecule has 0 aromatic heterocycles. The van der Waals surface area contributed by atoms with E-state index in [1.807, 2.05) is 37.3 Å². The standard InChI is InChI=1S/C11H15NO/c1-9(12-3)11(2,13)10-7-5-4-6-8-10/h4-8,13H,1-3H3. The van der Waals surface area contributed by atoms with Crippen LogP contribution in [0.15, 0.2) is 35.3 Å². The molecule has 1 N–H and O–H groups in total. The fraction of sp³-hybridized carbons (Fsp3) is 0.364. The van der Waals surface area contributed by atoms with Gasteiger partial charge in [-0.2, -0.15) is 0 Å². The zero-order chi connectivity index (χ0) is 9.90. The van der Waals surface area contributed by atoms with Crippen LogP contribution in [0.25, 0.3) is 0 Å². The Morgan fingerprint density at radius 1 is 1.31 bits per heavy atom. The fourth-order valence-corrected chi connectivity index (χ4v) is 1.19. The molecular weight excluding hydrogens is 162 g/mol. The van der Waals surface area contributed by atoms with E-state index >= 15 is 0 Å². The summed E-state index contributed by atoms with van der Waals surface area (Å²) < 4.78 is 0. The van der Waals surface area contributed by atoms with Gasteiger partial charge in [0.15, 0.2) is 0 Å². The van der Waals surface area contributed by atoms with Gasteiger partial charge in [0.1, 0.15) is 5.60 Å². The van der Waals surface area contributed by atoms with Crippen molar-refractivity contribution >= 4 is 5.71 Å². The van der Waals surface area contributed by atoms with Gasteiger partial charge < -0.3 is 5.11 Å². The molecule has 0 amide bonds. The predicted molar refractivity (Wildman–Crippen MR) is 55.0 cm³/mol. The van der Waals surface area contributed by atoms with Crippen molar-refractivity contribution in [2.75, 3.05) is 7.05 Å². The summed E-state index contributed by atoms with van der Waals surface area (Å²) in [6.07, 6.45) is 0. The first-order chi connectivity index (χ1) is 6.09. The Kier molecular flexibility index (Phi) is 2.83. The molecular formula is C11H15NO. The van der Waals surface area contributed by atoms with Crippen LogP contribution in [0.4, 0.5) is 0 Å². The van der Waals surface area contributed by atoms with Crippen LogP contribution in [0.1, 0.15) is 19.4 Å². The molecule has 1 unspecified atom stereocenters. The quantitative estimate of drug-likeness (QED) is 0.688. The van der Waals surface area contributed by atoms with E-state index < -0.39 is 5.60 Å². The van der Waals surface area contributed by atoms with E-state index in [0.717, 1.165) is 11.3 Å². The second-order valence-corrected chi connectivity index (χ2v) is 3.25. The molecule has 1 rings (SSSR count). The number of aliphatic hydroxyl groups is 1. The molecule has 2 heteroatoms. The Morgan fingerprint density at radius 3 is 2.31 bits per heavy atom. The summed E-state index contributed by atoms with van der Waals surface area (Å²) in [6.45, 7) is 3.58. The van der Waals surface area contributed by atoms with Crippen molar-refractivity contribution in [1.82, 2.24) is 0 Å². The molecule has 1 aromatic rings. The van der Waals surface area contributed by atoms with Gasteiger partial charge >= 0.3 is 0 Å². The molecule has 2 nitrogen and oxygen atoms in total. The highest BCUT2D eigenvalue weighted by Gasteiger charge is 2.25. The first kappa shape index (κ1) is 9.93. The van der Waals surface area contributed by atoms with Gasteiger partial charge in [0.25, 0.3) is 0 Å².